The Labute approximate surface area is 176 Å². The van der Waals surface area contributed by atoms with Crippen LogP contribution in [0.5, 0.6) is 0 Å². The van der Waals surface area contributed by atoms with E-state index in [2.05, 4.69) is 26.2 Å². The molecule has 0 bridgehead atoms. The van der Waals surface area contributed by atoms with Crippen LogP contribution < -0.4 is 5.32 Å². The quantitative estimate of drug-likeness (QED) is 0.627. The molecule has 0 spiro atoms. The Morgan fingerprint density at radius 1 is 1.29 bits per heavy atom. The Morgan fingerprint density at radius 3 is 2.75 bits per heavy atom. The molecule has 2 aromatic heterocycles. The summed E-state index contributed by atoms with van der Waals surface area (Å²) in [7, 11) is 1.90. The molecule has 1 amide bonds. The van der Waals surface area contributed by atoms with Gasteiger partial charge in [0.25, 0.3) is 5.91 Å². The fourth-order valence-corrected chi connectivity index (χ4v) is 3.60. The number of hydrogen-bond acceptors (Lipinski definition) is 4. The summed E-state index contributed by atoms with van der Waals surface area (Å²) in [6.45, 7) is 2.26. The van der Waals surface area contributed by atoms with E-state index in [0.717, 1.165) is 10.9 Å². The van der Waals surface area contributed by atoms with Crippen molar-refractivity contribution in [1.82, 2.24) is 14.5 Å². The molecule has 0 atom stereocenters. The van der Waals surface area contributed by atoms with Crippen LogP contribution in [0.3, 0.4) is 0 Å². The Kier molecular flexibility index (Phi) is 6.22. The first-order valence-electron chi connectivity index (χ1n) is 8.58. The number of nitrogens with one attached hydrogen (secondary N) is 1. The van der Waals surface area contributed by atoms with Crippen molar-refractivity contribution in [3.8, 4) is 0 Å². The summed E-state index contributed by atoms with van der Waals surface area (Å²) < 4.78 is 21.1. The Bertz CT molecular complexity index is 1020. The highest BCUT2D eigenvalue weighted by atomic mass is 79.9. The zero-order valence-corrected chi connectivity index (χ0v) is 17.5. The lowest BCUT2D eigenvalue weighted by atomic mass is 10.1. The lowest BCUT2D eigenvalue weighted by Gasteiger charge is -2.27. The van der Waals surface area contributed by atoms with Crippen LogP contribution in [0.4, 0.5) is 15.9 Å². The predicted molar refractivity (Wildman–Crippen MR) is 112 cm³/mol. The standard InChI is InChI=1S/C19H18BrFN4O2.ClH/c1-24-5-4-13-17(24)14(19(26)25-6-8-27-9-7-25)11-22-18(13)23-12-2-3-16(21)15(20)10-12;/h2-5,10-11H,6-9H2,1H3,(H,22,23);1H. The average Bonchev–Trinajstić information content (AvgIpc) is 3.08. The molecule has 1 aliphatic heterocycles. The van der Waals surface area contributed by atoms with Gasteiger partial charge in [0, 0.05) is 43.6 Å². The molecule has 1 saturated heterocycles. The topological polar surface area (TPSA) is 59.4 Å². The van der Waals surface area contributed by atoms with E-state index in [-0.39, 0.29) is 24.1 Å². The number of carbonyl (C=O) groups excluding carboxylic acids is 1. The number of fused-ring (bicyclic) bond motifs is 1. The van der Waals surface area contributed by atoms with Crippen LogP contribution in [0.15, 0.2) is 41.1 Å². The van der Waals surface area contributed by atoms with Gasteiger partial charge in [-0.1, -0.05) is 0 Å². The summed E-state index contributed by atoms with van der Waals surface area (Å²) in [4.78, 5) is 19.2. The van der Waals surface area contributed by atoms with Gasteiger partial charge in [-0.3, -0.25) is 4.79 Å². The number of morpholine rings is 1. The smallest absolute Gasteiger partial charge is 0.257 e. The molecule has 9 heteroatoms. The maximum absolute atomic E-state index is 13.5. The van der Waals surface area contributed by atoms with Gasteiger partial charge in [-0.2, -0.15) is 0 Å². The van der Waals surface area contributed by atoms with Gasteiger partial charge in [0.2, 0.25) is 0 Å². The Balaban J connectivity index is 0.00000225. The minimum Gasteiger partial charge on any atom is -0.378 e. The molecule has 148 valence electrons. The van der Waals surface area contributed by atoms with Crippen LogP contribution in [0.25, 0.3) is 10.9 Å². The number of nitrogens with zero attached hydrogens (tertiary/aromatic N) is 3. The SMILES string of the molecule is Cl.Cn1ccc2c(Nc3ccc(F)c(Br)c3)ncc(C(=O)N3CCOCC3)c21. The third kappa shape index (κ3) is 3.85. The van der Waals surface area contributed by atoms with E-state index in [0.29, 0.717) is 47.8 Å². The van der Waals surface area contributed by atoms with Gasteiger partial charge in [-0.05, 0) is 40.2 Å². The number of amides is 1. The number of pyridine rings is 1. The molecule has 6 nitrogen and oxygen atoms in total. The third-order valence-corrected chi connectivity index (χ3v) is 5.22. The molecule has 1 fully saturated rings. The minimum absolute atomic E-state index is 0. The minimum atomic E-state index is -0.329. The summed E-state index contributed by atoms with van der Waals surface area (Å²) in [6.07, 6.45) is 3.50. The first kappa shape index (κ1) is 20.6. The van der Waals surface area contributed by atoms with Gasteiger partial charge in [-0.15, -0.1) is 12.4 Å². The summed E-state index contributed by atoms with van der Waals surface area (Å²) in [5.41, 5.74) is 2.07. The van der Waals surface area contributed by atoms with Crippen LogP contribution in [-0.4, -0.2) is 46.7 Å². The van der Waals surface area contributed by atoms with Crippen molar-refractivity contribution >= 4 is 56.7 Å². The summed E-state index contributed by atoms with van der Waals surface area (Å²) in [6, 6.07) is 6.59. The average molecular weight is 470 g/mol. The Morgan fingerprint density at radius 2 is 2.04 bits per heavy atom. The van der Waals surface area contributed by atoms with Crippen molar-refractivity contribution in [3.63, 3.8) is 0 Å². The number of ether oxygens (including phenoxy) is 1. The van der Waals surface area contributed by atoms with E-state index >= 15 is 0 Å². The van der Waals surface area contributed by atoms with Crippen LogP contribution in [0.2, 0.25) is 0 Å². The van der Waals surface area contributed by atoms with Crippen molar-refractivity contribution < 1.29 is 13.9 Å². The molecule has 1 aromatic carbocycles. The second-order valence-electron chi connectivity index (χ2n) is 6.37. The van der Waals surface area contributed by atoms with Crippen molar-refractivity contribution in [1.29, 1.82) is 0 Å². The molecular weight excluding hydrogens is 451 g/mol. The molecule has 1 aliphatic rings. The zero-order valence-electron chi connectivity index (χ0n) is 15.1. The van der Waals surface area contributed by atoms with E-state index in [1.807, 2.05) is 23.9 Å². The van der Waals surface area contributed by atoms with Gasteiger partial charge in [0.15, 0.2) is 0 Å². The number of anilines is 2. The van der Waals surface area contributed by atoms with E-state index < -0.39 is 0 Å². The van der Waals surface area contributed by atoms with Crippen LogP contribution >= 0.6 is 28.3 Å². The molecular formula is C19H19BrClFN4O2. The number of aromatic nitrogens is 2. The maximum atomic E-state index is 13.5. The lowest BCUT2D eigenvalue weighted by molar-refractivity contribution is 0.0303. The van der Waals surface area contributed by atoms with E-state index in [9.17, 15) is 9.18 Å². The first-order valence-corrected chi connectivity index (χ1v) is 9.37. The Hall–Kier alpha value is -2.16. The number of hydrogen-bond donors (Lipinski definition) is 1. The monoisotopic (exact) mass is 468 g/mol. The number of rotatable bonds is 3. The normalized spacial score (nSPS) is 14.0. The number of aryl methyl sites for hydroxylation is 1. The molecule has 0 aliphatic carbocycles. The lowest BCUT2D eigenvalue weighted by Crippen LogP contribution is -2.40. The molecule has 0 radical (unpaired) electrons. The van der Waals surface area contributed by atoms with E-state index in [1.54, 1.807) is 23.2 Å². The van der Waals surface area contributed by atoms with Crippen LogP contribution in [0.1, 0.15) is 10.4 Å². The molecule has 0 unspecified atom stereocenters. The summed E-state index contributed by atoms with van der Waals surface area (Å²) >= 11 is 3.19. The molecule has 4 rings (SSSR count). The highest BCUT2D eigenvalue weighted by molar-refractivity contribution is 9.10. The van der Waals surface area contributed by atoms with Crippen LogP contribution in [0, 0.1) is 5.82 Å². The highest BCUT2D eigenvalue weighted by Crippen LogP contribution is 2.30. The van der Waals surface area contributed by atoms with Crippen molar-refractivity contribution in [3.05, 3.63) is 52.5 Å². The number of halogens is 3. The fourth-order valence-electron chi connectivity index (χ4n) is 3.22. The summed E-state index contributed by atoms with van der Waals surface area (Å²) in [5.74, 6) is 0.237. The molecule has 28 heavy (non-hydrogen) atoms. The van der Waals surface area contributed by atoms with Crippen molar-refractivity contribution in [2.24, 2.45) is 7.05 Å². The van der Waals surface area contributed by atoms with E-state index in [4.69, 9.17) is 4.74 Å². The predicted octanol–water partition coefficient (Wildman–Crippen LogP) is 4.11. The second-order valence-corrected chi connectivity index (χ2v) is 7.22. The molecule has 0 saturated carbocycles. The van der Waals surface area contributed by atoms with Gasteiger partial charge in [0.1, 0.15) is 11.6 Å². The fraction of sp³-hybridized carbons (Fsp3) is 0.263. The molecule has 3 aromatic rings. The van der Waals surface area contributed by atoms with E-state index in [1.165, 1.54) is 6.07 Å². The highest BCUT2D eigenvalue weighted by Gasteiger charge is 2.23. The summed E-state index contributed by atoms with van der Waals surface area (Å²) in [5, 5.41) is 4.04. The van der Waals surface area contributed by atoms with Crippen molar-refractivity contribution in [2.45, 2.75) is 0 Å². The second kappa shape index (κ2) is 8.46. The number of benzene rings is 1. The molecule has 1 N–H and O–H groups in total. The van der Waals surface area contributed by atoms with Gasteiger partial charge in [-0.25, -0.2) is 9.37 Å². The first-order chi connectivity index (χ1) is 13.0. The van der Waals surface area contributed by atoms with Crippen molar-refractivity contribution in [2.75, 3.05) is 31.6 Å². The largest absolute Gasteiger partial charge is 0.378 e. The number of carbonyl (C=O) groups is 1. The van der Waals surface area contributed by atoms with Gasteiger partial charge < -0.3 is 19.5 Å². The van der Waals surface area contributed by atoms with Gasteiger partial charge in [0.05, 0.1) is 28.8 Å². The van der Waals surface area contributed by atoms with Gasteiger partial charge >= 0.3 is 0 Å². The maximum Gasteiger partial charge on any atom is 0.257 e. The third-order valence-electron chi connectivity index (χ3n) is 4.62. The van der Waals surface area contributed by atoms with Crippen LogP contribution in [-0.2, 0) is 11.8 Å². The zero-order chi connectivity index (χ0) is 19.0. The molecule has 3 heterocycles.